The monoisotopic (exact) mass is 318 g/mol. The van der Waals surface area contributed by atoms with E-state index in [1.165, 1.54) is 5.69 Å². The van der Waals surface area contributed by atoms with Gasteiger partial charge in [0.05, 0.1) is 5.69 Å². The average Bonchev–Trinajstić information content (AvgIpc) is 2.80. The zero-order valence-electron chi connectivity index (χ0n) is 13.1. The number of hydrogen-bond acceptors (Lipinski definition) is 4. The van der Waals surface area contributed by atoms with Gasteiger partial charge in [0, 0.05) is 31.9 Å². The first-order chi connectivity index (χ1) is 10.6. The highest BCUT2D eigenvalue weighted by atomic mass is 32.1. The van der Waals surface area contributed by atoms with Gasteiger partial charge in [-0.05, 0) is 50.0 Å². The van der Waals surface area contributed by atoms with Crippen molar-refractivity contribution in [2.45, 2.75) is 19.9 Å². The average molecular weight is 318 g/mol. The molecule has 0 spiro atoms. The number of hydrogen-bond donors (Lipinski definition) is 1. The topological polar surface area (TPSA) is 38.8 Å². The van der Waals surface area contributed by atoms with Gasteiger partial charge in [-0.2, -0.15) is 0 Å². The number of anilines is 2. The number of carbonyl (C=O) groups excluding carboxylic acids is 1. The molecule has 2 heterocycles. The fourth-order valence-electron chi connectivity index (χ4n) is 2.98. The number of benzene rings is 1. The van der Waals surface area contributed by atoms with Gasteiger partial charge in [0.25, 0.3) is 5.91 Å². The molecule has 2 aliphatic rings. The highest BCUT2D eigenvalue weighted by molar-refractivity contribution is 7.80. The third-order valence-electron chi connectivity index (χ3n) is 4.43. The molecule has 1 atom stereocenters. The van der Waals surface area contributed by atoms with E-state index >= 15 is 0 Å². The van der Waals surface area contributed by atoms with Crippen molar-refractivity contribution in [2.24, 2.45) is 0 Å². The highest BCUT2D eigenvalue weighted by Crippen LogP contribution is 2.24. The summed E-state index contributed by atoms with van der Waals surface area (Å²) in [7, 11) is 0. The Morgan fingerprint density at radius 3 is 2.23 bits per heavy atom. The fraction of sp³-hybridized carbons (Fsp3) is 0.500. The molecule has 1 amide bonds. The molecule has 0 aliphatic carbocycles. The van der Waals surface area contributed by atoms with E-state index in [0.29, 0.717) is 5.11 Å². The van der Waals surface area contributed by atoms with Crippen molar-refractivity contribution < 1.29 is 4.79 Å². The molecule has 1 aromatic carbocycles. The summed E-state index contributed by atoms with van der Waals surface area (Å²) in [6, 6.07) is 7.87. The number of nitrogens with zero attached hydrogens (tertiary/aromatic N) is 3. The van der Waals surface area contributed by atoms with Crippen LogP contribution < -0.4 is 15.1 Å². The summed E-state index contributed by atoms with van der Waals surface area (Å²) in [6.45, 7) is 9.46. The van der Waals surface area contributed by atoms with E-state index in [4.69, 9.17) is 12.2 Å². The summed E-state index contributed by atoms with van der Waals surface area (Å²) < 4.78 is 0. The normalized spacial score (nSPS) is 23.1. The highest BCUT2D eigenvalue weighted by Gasteiger charge is 2.33. The number of thiocarbonyl (C=S) groups is 1. The fourth-order valence-corrected chi connectivity index (χ4v) is 3.36. The minimum atomic E-state index is -0.241. The van der Waals surface area contributed by atoms with Crippen LogP contribution in [-0.4, -0.2) is 54.7 Å². The van der Waals surface area contributed by atoms with Crippen LogP contribution in [-0.2, 0) is 4.79 Å². The van der Waals surface area contributed by atoms with Crippen LogP contribution in [0.25, 0.3) is 0 Å². The van der Waals surface area contributed by atoms with Gasteiger partial charge in [-0.25, -0.2) is 0 Å². The Balaban J connectivity index is 1.71. The molecule has 1 unspecified atom stereocenters. The van der Waals surface area contributed by atoms with E-state index in [1.807, 2.05) is 19.1 Å². The largest absolute Gasteiger partial charge is 0.369 e. The van der Waals surface area contributed by atoms with E-state index in [-0.39, 0.29) is 11.9 Å². The number of carbonyl (C=O) groups is 1. The van der Waals surface area contributed by atoms with Gasteiger partial charge in [0.2, 0.25) is 0 Å². The van der Waals surface area contributed by atoms with Gasteiger partial charge < -0.3 is 15.1 Å². The predicted octanol–water partition coefficient (Wildman–Crippen LogP) is 1.44. The van der Waals surface area contributed by atoms with Crippen LogP contribution in [0, 0.1) is 0 Å². The van der Waals surface area contributed by atoms with Crippen molar-refractivity contribution >= 4 is 34.6 Å². The molecule has 3 rings (SSSR count). The van der Waals surface area contributed by atoms with E-state index in [2.05, 4.69) is 34.2 Å². The molecule has 0 bridgehead atoms. The van der Waals surface area contributed by atoms with Crippen LogP contribution in [0.15, 0.2) is 24.3 Å². The number of nitrogens with one attached hydrogen (secondary N) is 1. The second kappa shape index (κ2) is 6.22. The number of likely N-dealkylation sites (N-methyl/N-ethyl adjacent to an activating group) is 1. The molecule has 2 aliphatic heterocycles. The number of rotatable bonds is 3. The molecule has 2 fully saturated rings. The first-order valence-corrected chi connectivity index (χ1v) is 8.23. The molecule has 118 valence electrons. The summed E-state index contributed by atoms with van der Waals surface area (Å²) in [6.07, 6.45) is 0. The van der Waals surface area contributed by atoms with Crippen molar-refractivity contribution in [3.05, 3.63) is 24.3 Å². The van der Waals surface area contributed by atoms with E-state index in [9.17, 15) is 4.79 Å². The zero-order chi connectivity index (χ0) is 15.7. The molecule has 1 N–H and O–H groups in total. The minimum absolute atomic E-state index is 0.00862. The first kappa shape index (κ1) is 15.2. The maximum atomic E-state index is 12.1. The summed E-state index contributed by atoms with van der Waals surface area (Å²) in [5.41, 5.74) is 2.04. The van der Waals surface area contributed by atoms with E-state index < -0.39 is 0 Å². The van der Waals surface area contributed by atoms with Gasteiger partial charge in [0.15, 0.2) is 5.11 Å². The minimum Gasteiger partial charge on any atom is -0.369 e. The zero-order valence-corrected chi connectivity index (χ0v) is 13.9. The van der Waals surface area contributed by atoms with Crippen LogP contribution in [0.3, 0.4) is 0 Å². The van der Waals surface area contributed by atoms with E-state index in [1.54, 1.807) is 4.90 Å². The van der Waals surface area contributed by atoms with Gasteiger partial charge >= 0.3 is 0 Å². The third-order valence-corrected chi connectivity index (χ3v) is 4.73. The van der Waals surface area contributed by atoms with Crippen LogP contribution in [0.1, 0.15) is 13.8 Å². The third kappa shape index (κ3) is 2.80. The van der Waals surface area contributed by atoms with Crippen LogP contribution in [0.4, 0.5) is 11.4 Å². The summed E-state index contributed by atoms with van der Waals surface area (Å²) in [5, 5.41) is 3.48. The maximum absolute atomic E-state index is 12.1. The number of amides is 1. The van der Waals surface area contributed by atoms with E-state index in [0.717, 1.165) is 38.4 Å². The summed E-state index contributed by atoms with van der Waals surface area (Å²) >= 11 is 5.24. The van der Waals surface area contributed by atoms with Gasteiger partial charge in [-0.1, -0.05) is 6.92 Å². The second-order valence-corrected chi connectivity index (χ2v) is 6.17. The first-order valence-electron chi connectivity index (χ1n) is 7.82. The maximum Gasteiger partial charge on any atom is 0.255 e. The lowest BCUT2D eigenvalue weighted by Gasteiger charge is -2.35. The van der Waals surface area contributed by atoms with Crippen LogP contribution >= 0.6 is 12.2 Å². The number of piperazine rings is 1. The molecular weight excluding hydrogens is 296 g/mol. The quantitative estimate of drug-likeness (QED) is 0.854. The summed E-state index contributed by atoms with van der Waals surface area (Å²) in [4.78, 5) is 18.6. The van der Waals surface area contributed by atoms with Crippen molar-refractivity contribution in [1.29, 1.82) is 0 Å². The molecule has 6 heteroatoms. The molecule has 0 saturated carbocycles. The SMILES string of the molecule is CCN1CCN(c2ccc(N3C(=O)C(C)NC3=S)cc2)CC1. The Morgan fingerprint density at radius 2 is 1.73 bits per heavy atom. The Bertz CT molecular complexity index is 566. The van der Waals surface area contributed by atoms with Gasteiger partial charge in [-0.15, -0.1) is 0 Å². The van der Waals surface area contributed by atoms with Crippen molar-refractivity contribution in [3.63, 3.8) is 0 Å². The summed E-state index contributed by atoms with van der Waals surface area (Å²) in [5.74, 6) is 0.00862. The molecule has 0 aromatic heterocycles. The van der Waals surface area contributed by atoms with Crippen molar-refractivity contribution in [2.75, 3.05) is 42.5 Å². The lowest BCUT2D eigenvalue weighted by molar-refractivity contribution is -0.117. The van der Waals surface area contributed by atoms with Crippen LogP contribution in [0.2, 0.25) is 0 Å². The Kier molecular flexibility index (Phi) is 4.31. The van der Waals surface area contributed by atoms with Crippen LogP contribution in [0.5, 0.6) is 0 Å². The van der Waals surface area contributed by atoms with Gasteiger partial charge in [-0.3, -0.25) is 9.69 Å². The molecular formula is C16H22N4OS. The van der Waals surface area contributed by atoms with Crippen molar-refractivity contribution in [1.82, 2.24) is 10.2 Å². The molecule has 5 nitrogen and oxygen atoms in total. The standard InChI is InChI=1S/C16H22N4OS/c1-3-18-8-10-19(11-9-18)13-4-6-14(7-5-13)20-15(21)12(2)17-16(20)22/h4-7,12H,3,8-11H2,1-2H3,(H,17,22). The predicted molar refractivity (Wildman–Crippen MR) is 93.5 cm³/mol. The molecule has 22 heavy (non-hydrogen) atoms. The molecule has 1 aromatic rings. The Labute approximate surface area is 136 Å². The molecule has 0 radical (unpaired) electrons. The van der Waals surface area contributed by atoms with Crippen molar-refractivity contribution in [3.8, 4) is 0 Å². The Hall–Kier alpha value is -1.66. The lowest BCUT2D eigenvalue weighted by atomic mass is 10.2. The lowest BCUT2D eigenvalue weighted by Crippen LogP contribution is -2.46. The Morgan fingerprint density at radius 1 is 1.14 bits per heavy atom. The molecule has 2 saturated heterocycles. The smallest absolute Gasteiger partial charge is 0.255 e. The van der Waals surface area contributed by atoms with Gasteiger partial charge in [0.1, 0.15) is 6.04 Å². The second-order valence-electron chi connectivity index (χ2n) is 5.78.